The zero-order chi connectivity index (χ0) is 22.8. The van der Waals surface area contributed by atoms with Gasteiger partial charge in [0, 0.05) is 24.7 Å². The van der Waals surface area contributed by atoms with E-state index in [0.717, 1.165) is 0 Å². The van der Waals surface area contributed by atoms with Crippen molar-refractivity contribution in [3.63, 3.8) is 0 Å². The Bertz CT molecular complexity index is 1180. The van der Waals surface area contributed by atoms with Gasteiger partial charge in [-0.2, -0.15) is 4.68 Å². The second-order valence-electron chi connectivity index (χ2n) is 7.24. The zero-order valence-corrected chi connectivity index (χ0v) is 17.7. The topological polar surface area (TPSA) is 111 Å². The van der Waals surface area contributed by atoms with Crippen LogP contribution in [0.5, 0.6) is 11.5 Å². The van der Waals surface area contributed by atoms with Gasteiger partial charge in [-0.15, -0.1) is 5.10 Å². The van der Waals surface area contributed by atoms with Crippen molar-refractivity contribution >= 4 is 23.2 Å². The number of tetrazole rings is 1. The van der Waals surface area contributed by atoms with Gasteiger partial charge in [0.1, 0.15) is 23.0 Å². The number of benzene rings is 2. The van der Waals surface area contributed by atoms with Crippen LogP contribution in [0, 0.1) is 18.7 Å². The molecule has 2 aromatic carbocycles. The number of nitrogens with one attached hydrogen (secondary N) is 1. The fourth-order valence-corrected chi connectivity index (χ4v) is 3.58. The highest BCUT2D eigenvalue weighted by atomic mass is 19.1. The number of hydrogen-bond acceptors (Lipinski definition) is 7. The van der Waals surface area contributed by atoms with E-state index in [1.165, 1.54) is 42.0 Å². The Kier molecular flexibility index (Phi) is 5.71. The number of carbonyl (C=O) groups is 2. The fourth-order valence-electron chi connectivity index (χ4n) is 3.58. The number of halogens is 1. The van der Waals surface area contributed by atoms with Crippen LogP contribution in [-0.4, -0.2) is 52.8 Å². The van der Waals surface area contributed by atoms with Crippen LogP contribution in [-0.2, 0) is 9.59 Å². The van der Waals surface area contributed by atoms with E-state index in [1.807, 2.05) is 0 Å². The predicted molar refractivity (Wildman–Crippen MR) is 112 cm³/mol. The summed E-state index contributed by atoms with van der Waals surface area (Å²) < 4.78 is 26.1. The standard InChI is InChI=1S/C21H21FN6O4/c1-12-24-25-26-28(12)18-9-14(4-6-16(18)22)23-21(30)13-8-20(29)27(11-13)17-7-5-15(31-2)10-19(17)32-3/h4-7,9-10,13H,8,11H2,1-3H3,(H,23,30). The Balaban J connectivity index is 1.51. The highest BCUT2D eigenvalue weighted by Gasteiger charge is 2.36. The quantitative estimate of drug-likeness (QED) is 0.625. The van der Waals surface area contributed by atoms with Crippen LogP contribution in [0.25, 0.3) is 5.69 Å². The molecule has 1 N–H and O–H groups in total. The van der Waals surface area contributed by atoms with Gasteiger partial charge in [0.2, 0.25) is 11.8 Å². The van der Waals surface area contributed by atoms with Crippen LogP contribution in [0.4, 0.5) is 15.8 Å². The molecule has 0 radical (unpaired) electrons. The molecule has 0 spiro atoms. The molecule has 1 aromatic heterocycles. The average molecular weight is 440 g/mol. The largest absolute Gasteiger partial charge is 0.497 e. The molecule has 2 heterocycles. The van der Waals surface area contributed by atoms with E-state index in [4.69, 9.17) is 9.47 Å². The van der Waals surface area contributed by atoms with E-state index in [2.05, 4.69) is 20.8 Å². The molecule has 2 amide bonds. The third-order valence-corrected chi connectivity index (χ3v) is 5.24. The zero-order valence-electron chi connectivity index (χ0n) is 17.7. The molecule has 1 aliphatic rings. The number of nitrogens with zero attached hydrogens (tertiary/aromatic N) is 5. The first-order valence-corrected chi connectivity index (χ1v) is 9.79. The van der Waals surface area contributed by atoms with Crippen molar-refractivity contribution in [1.29, 1.82) is 0 Å². The molecule has 1 saturated heterocycles. The molecule has 3 aromatic rings. The first-order valence-electron chi connectivity index (χ1n) is 9.79. The van der Waals surface area contributed by atoms with Crippen molar-refractivity contribution in [2.45, 2.75) is 13.3 Å². The minimum atomic E-state index is -0.586. The number of aryl methyl sites for hydroxylation is 1. The molecule has 166 valence electrons. The van der Waals surface area contributed by atoms with Gasteiger partial charge in [-0.05, 0) is 47.7 Å². The number of rotatable bonds is 6. The smallest absolute Gasteiger partial charge is 0.229 e. The maximum absolute atomic E-state index is 14.3. The van der Waals surface area contributed by atoms with Gasteiger partial charge in [-0.25, -0.2) is 4.39 Å². The summed E-state index contributed by atoms with van der Waals surface area (Å²) in [6.45, 7) is 1.82. The minimum absolute atomic E-state index is 0.0428. The highest BCUT2D eigenvalue weighted by Crippen LogP contribution is 2.36. The number of methoxy groups -OCH3 is 2. The van der Waals surface area contributed by atoms with Crippen molar-refractivity contribution < 1.29 is 23.5 Å². The minimum Gasteiger partial charge on any atom is -0.497 e. The normalized spacial score (nSPS) is 15.7. The van der Waals surface area contributed by atoms with Gasteiger partial charge in [0.15, 0.2) is 5.82 Å². The Morgan fingerprint density at radius 2 is 1.97 bits per heavy atom. The fraction of sp³-hybridized carbons (Fsp3) is 0.286. The van der Waals surface area contributed by atoms with E-state index in [1.54, 1.807) is 25.1 Å². The molecule has 0 saturated carbocycles. The summed E-state index contributed by atoms with van der Waals surface area (Å²) in [6.07, 6.45) is 0.0428. The lowest BCUT2D eigenvalue weighted by Crippen LogP contribution is -2.28. The van der Waals surface area contributed by atoms with Gasteiger partial charge in [-0.3, -0.25) is 9.59 Å². The van der Waals surface area contributed by atoms with Gasteiger partial charge < -0.3 is 19.7 Å². The molecule has 0 bridgehead atoms. The highest BCUT2D eigenvalue weighted by molar-refractivity contribution is 6.04. The molecule has 10 nitrogen and oxygen atoms in total. The Morgan fingerprint density at radius 1 is 1.16 bits per heavy atom. The van der Waals surface area contributed by atoms with E-state index in [9.17, 15) is 14.0 Å². The monoisotopic (exact) mass is 440 g/mol. The molecule has 1 unspecified atom stereocenters. The summed E-state index contributed by atoms with van der Waals surface area (Å²) in [4.78, 5) is 27.0. The van der Waals surface area contributed by atoms with Gasteiger partial charge >= 0.3 is 0 Å². The Hall–Kier alpha value is -4.02. The van der Waals surface area contributed by atoms with Gasteiger partial charge in [-0.1, -0.05) is 0 Å². The van der Waals surface area contributed by atoms with Crippen LogP contribution in [0.2, 0.25) is 0 Å². The molecular formula is C21H21FN6O4. The summed E-state index contributed by atoms with van der Waals surface area (Å²) in [5, 5.41) is 13.8. The Morgan fingerprint density at radius 3 is 2.66 bits per heavy atom. The number of hydrogen-bond donors (Lipinski definition) is 1. The Labute approximate surface area is 182 Å². The van der Waals surface area contributed by atoms with Crippen molar-refractivity contribution in [3.8, 4) is 17.2 Å². The van der Waals surface area contributed by atoms with E-state index >= 15 is 0 Å². The maximum atomic E-state index is 14.3. The number of anilines is 2. The summed E-state index contributed by atoms with van der Waals surface area (Å²) in [5.74, 6) is -0.199. The van der Waals surface area contributed by atoms with Crippen LogP contribution in [0.1, 0.15) is 12.2 Å². The number of aromatic nitrogens is 4. The van der Waals surface area contributed by atoms with E-state index in [0.29, 0.717) is 28.7 Å². The lowest BCUT2D eigenvalue weighted by molar-refractivity contribution is -0.122. The number of carbonyl (C=O) groups excluding carboxylic acids is 2. The molecule has 1 fully saturated rings. The van der Waals surface area contributed by atoms with Crippen LogP contribution in [0.3, 0.4) is 0 Å². The molecule has 32 heavy (non-hydrogen) atoms. The summed E-state index contributed by atoms with van der Waals surface area (Å²) in [6, 6.07) is 9.22. The molecular weight excluding hydrogens is 419 g/mol. The second kappa shape index (κ2) is 8.61. The third-order valence-electron chi connectivity index (χ3n) is 5.24. The van der Waals surface area contributed by atoms with Crippen LogP contribution >= 0.6 is 0 Å². The van der Waals surface area contributed by atoms with Crippen molar-refractivity contribution in [2.75, 3.05) is 31.0 Å². The van der Waals surface area contributed by atoms with Crippen molar-refractivity contribution in [3.05, 3.63) is 48.0 Å². The first kappa shape index (κ1) is 21.2. The van der Waals surface area contributed by atoms with Gasteiger partial charge in [0.05, 0.1) is 25.8 Å². The summed E-state index contributed by atoms with van der Waals surface area (Å²) >= 11 is 0. The molecule has 1 aliphatic heterocycles. The first-order chi connectivity index (χ1) is 15.4. The molecule has 4 rings (SSSR count). The van der Waals surface area contributed by atoms with Crippen LogP contribution < -0.4 is 19.7 Å². The number of amides is 2. The lowest BCUT2D eigenvalue weighted by Gasteiger charge is -2.20. The van der Waals surface area contributed by atoms with Crippen molar-refractivity contribution in [2.24, 2.45) is 5.92 Å². The number of ether oxygens (including phenoxy) is 2. The second-order valence-corrected chi connectivity index (χ2v) is 7.24. The molecule has 1 atom stereocenters. The summed E-state index contributed by atoms with van der Waals surface area (Å²) in [5.41, 5.74) is 1.04. The van der Waals surface area contributed by atoms with Crippen molar-refractivity contribution in [1.82, 2.24) is 20.2 Å². The average Bonchev–Trinajstić information content (AvgIpc) is 3.40. The van der Waals surface area contributed by atoms with E-state index in [-0.39, 0.29) is 30.5 Å². The SMILES string of the molecule is COc1ccc(N2CC(C(=O)Nc3ccc(F)c(-n4nnnc4C)c3)CC2=O)c(OC)c1. The summed E-state index contributed by atoms with van der Waals surface area (Å²) in [7, 11) is 3.04. The predicted octanol–water partition coefficient (Wildman–Crippen LogP) is 2.12. The third kappa shape index (κ3) is 3.96. The molecule has 11 heteroatoms. The lowest BCUT2D eigenvalue weighted by atomic mass is 10.1. The molecule has 0 aliphatic carbocycles. The van der Waals surface area contributed by atoms with E-state index < -0.39 is 11.7 Å². The maximum Gasteiger partial charge on any atom is 0.229 e. The van der Waals surface area contributed by atoms with Crippen LogP contribution in [0.15, 0.2) is 36.4 Å². The van der Waals surface area contributed by atoms with Gasteiger partial charge in [0.25, 0.3) is 0 Å².